The Balaban J connectivity index is 1.87. The van der Waals surface area contributed by atoms with Gasteiger partial charge in [-0.05, 0) is 31.5 Å². The van der Waals surface area contributed by atoms with Gasteiger partial charge in [0.05, 0.1) is 0 Å². The summed E-state index contributed by atoms with van der Waals surface area (Å²) in [5, 5.41) is 3.43. The standard InChI is InChI=1S/C14H21N3S/c1-2-17(11-7-8-11)10-9-16-13-6-4-3-5-12(13)14(15)18/h3-6,11,16H,2,7-10H2,1H3,(H2,15,18). The highest BCUT2D eigenvalue weighted by molar-refractivity contribution is 7.80. The van der Waals surface area contributed by atoms with Gasteiger partial charge in [-0.3, -0.25) is 4.90 Å². The molecule has 98 valence electrons. The third kappa shape index (κ3) is 3.43. The van der Waals surface area contributed by atoms with Crippen LogP contribution >= 0.6 is 12.2 Å². The number of hydrogen-bond acceptors (Lipinski definition) is 3. The van der Waals surface area contributed by atoms with Gasteiger partial charge in [-0.25, -0.2) is 0 Å². The third-order valence-corrected chi connectivity index (χ3v) is 3.60. The predicted octanol–water partition coefficient (Wildman–Crippen LogP) is 2.22. The number of benzene rings is 1. The lowest BCUT2D eigenvalue weighted by Gasteiger charge is -2.20. The molecule has 3 nitrogen and oxygen atoms in total. The molecule has 0 spiro atoms. The zero-order valence-corrected chi connectivity index (χ0v) is 11.7. The smallest absolute Gasteiger partial charge is 0.106 e. The van der Waals surface area contributed by atoms with E-state index in [2.05, 4.69) is 17.1 Å². The Morgan fingerprint density at radius 3 is 2.78 bits per heavy atom. The molecule has 3 N–H and O–H groups in total. The van der Waals surface area contributed by atoms with Crippen molar-refractivity contribution in [3.63, 3.8) is 0 Å². The summed E-state index contributed by atoms with van der Waals surface area (Å²) in [6.07, 6.45) is 2.72. The fourth-order valence-electron chi connectivity index (χ4n) is 2.22. The third-order valence-electron chi connectivity index (χ3n) is 3.38. The molecule has 0 heterocycles. The minimum atomic E-state index is 0.452. The van der Waals surface area contributed by atoms with Crippen LogP contribution in [0, 0.1) is 0 Å². The summed E-state index contributed by atoms with van der Waals surface area (Å²) in [5.41, 5.74) is 7.68. The highest BCUT2D eigenvalue weighted by Gasteiger charge is 2.27. The molecule has 1 aromatic rings. The first-order valence-electron chi connectivity index (χ1n) is 6.59. The van der Waals surface area contributed by atoms with E-state index in [0.717, 1.165) is 36.9 Å². The van der Waals surface area contributed by atoms with E-state index in [1.54, 1.807) is 0 Å². The minimum Gasteiger partial charge on any atom is -0.389 e. The Labute approximate surface area is 114 Å². The van der Waals surface area contributed by atoms with Gasteiger partial charge in [0.25, 0.3) is 0 Å². The Bertz CT molecular complexity index is 415. The molecule has 1 aliphatic carbocycles. The van der Waals surface area contributed by atoms with Crippen molar-refractivity contribution in [2.75, 3.05) is 25.0 Å². The number of nitrogens with zero attached hydrogens (tertiary/aromatic N) is 1. The van der Waals surface area contributed by atoms with Gasteiger partial charge in [0.15, 0.2) is 0 Å². The highest BCUT2D eigenvalue weighted by atomic mass is 32.1. The quantitative estimate of drug-likeness (QED) is 0.740. The van der Waals surface area contributed by atoms with Crippen molar-refractivity contribution in [3.8, 4) is 0 Å². The molecule has 0 bridgehead atoms. The van der Waals surface area contributed by atoms with Gasteiger partial charge in [0, 0.05) is 30.4 Å². The monoisotopic (exact) mass is 263 g/mol. The molecule has 0 radical (unpaired) electrons. The van der Waals surface area contributed by atoms with E-state index in [9.17, 15) is 0 Å². The van der Waals surface area contributed by atoms with Gasteiger partial charge in [-0.2, -0.15) is 0 Å². The Kier molecular flexibility index (Phi) is 4.55. The molecule has 1 aromatic carbocycles. The molecule has 0 saturated heterocycles. The van der Waals surface area contributed by atoms with Crippen molar-refractivity contribution in [1.82, 2.24) is 4.90 Å². The minimum absolute atomic E-state index is 0.452. The predicted molar refractivity (Wildman–Crippen MR) is 81.1 cm³/mol. The number of nitrogens with one attached hydrogen (secondary N) is 1. The summed E-state index contributed by atoms with van der Waals surface area (Å²) >= 11 is 5.05. The lowest BCUT2D eigenvalue weighted by Crippen LogP contribution is -2.31. The molecule has 0 unspecified atom stereocenters. The van der Waals surface area contributed by atoms with Crippen LogP contribution in [0.15, 0.2) is 24.3 Å². The number of likely N-dealkylation sites (N-methyl/N-ethyl adjacent to an activating group) is 1. The van der Waals surface area contributed by atoms with Crippen molar-refractivity contribution in [1.29, 1.82) is 0 Å². The normalized spacial score (nSPS) is 14.8. The fourth-order valence-corrected chi connectivity index (χ4v) is 2.40. The van der Waals surface area contributed by atoms with Gasteiger partial charge < -0.3 is 11.1 Å². The van der Waals surface area contributed by atoms with Crippen LogP contribution in [-0.2, 0) is 0 Å². The topological polar surface area (TPSA) is 41.3 Å². The van der Waals surface area contributed by atoms with Gasteiger partial charge in [-0.15, -0.1) is 0 Å². The lowest BCUT2D eigenvalue weighted by molar-refractivity contribution is 0.289. The van der Waals surface area contributed by atoms with Gasteiger partial charge in [0.2, 0.25) is 0 Å². The molecule has 2 rings (SSSR count). The van der Waals surface area contributed by atoms with Crippen LogP contribution in [0.2, 0.25) is 0 Å². The second-order valence-electron chi connectivity index (χ2n) is 4.70. The number of nitrogens with two attached hydrogens (primary N) is 1. The summed E-state index contributed by atoms with van der Waals surface area (Å²) in [4.78, 5) is 2.98. The van der Waals surface area contributed by atoms with Gasteiger partial charge in [0.1, 0.15) is 4.99 Å². The molecule has 4 heteroatoms. The highest BCUT2D eigenvalue weighted by Crippen LogP contribution is 2.26. The summed E-state index contributed by atoms with van der Waals surface area (Å²) < 4.78 is 0. The number of anilines is 1. The van der Waals surface area contributed by atoms with E-state index in [1.807, 2.05) is 24.3 Å². The maximum Gasteiger partial charge on any atom is 0.106 e. The zero-order valence-electron chi connectivity index (χ0n) is 10.9. The van der Waals surface area contributed by atoms with Crippen LogP contribution in [-0.4, -0.2) is 35.6 Å². The van der Waals surface area contributed by atoms with Crippen LogP contribution in [0.3, 0.4) is 0 Å². The number of thiocarbonyl (C=S) groups is 1. The van der Waals surface area contributed by atoms with Crippen molar-refractivity contribution < 1.29 is 0 Å². The Morgan fingerprint density at radius 1 is 1.44 bits per heavy atom. The van der Waals surface area contributed by atoms with Crippen molar-refractivity contribution in [2.45, 2.75) is 25.8 Å². The summed E-state index contributed by atoms with van der Waals surface area (Å²) in [6.45, 7) is 5.36. The maximum absolute atomic E-state index is 5.71. The second-order valence-corrected chi connectivity index (χ2v) is 5.14. The molecule has 1 aliphatic rings. The molecule has 18 heavy (non-hydrogen) atoms. The summed E-state index contributed by atoms with van der Waals surface area (Å²) in [7, 11) is 0. The average molecular weight is 263 g/mol. The fraction of sp³-hybridized carbons (Fsp3) is 0.500. The number of hydrogen-bond donors (Lipinski definition) is 2. The average Bonchev–Trinajstić information content (AvgIpc) is 3.19. The largest absolute Gasteiger partial charge is 0.389 e. The second kappa shape index (κ2) is 6.16. The van der Waals surface area contributed by atoms with Crippen molar-refractivity contribution in [2.24, 2.45) is 5.73 Å². The van der Waals surface area contributed by atoms with E-state index in [1.165, 1.54) is 12.8 Å². The molecule has 0 aliphatic heterocycles. The SMILES string of the molecule is CCN(CCNc1ccccc1C(N)=S)C1CC1. The van der Waals surface area contributed by atoms with Crippen LogP contribution in [0.25, 0.3) is 0 Å². The molecular weight excluding hydrogens is 242 g/mol. The first-order chi connectivity index (χ1) is 8.72. The zero-order chi connectivity index (χ0) is 13.0. The van der Waals surface area contributed by atoms with Crippen LogP contribution in [0.1, 0.15) is 25.3 Å². The molecule has 0 atom stereocenters. The molecule has 1 fully saturated rings. The molecule has 1 saturated carbocycles. The van der Waals surface area contributed by atoms with E-state index in [-0.39, 0.29) is 0 Å². The molecular formula is C14H21N3S. The van der Waals surface area contributed by atoms with Crippen molar-refractivity contribution in [3.05, 3.63) is 29.8 Å². The van der Waals surface area contributed by atoms with E-state index < -0.39 is 0 Å². The maximum atomic E-state index is 5.71. The number of rotatable bonds is 7. The Hall–Kier alpha value is -1.13. The van der Waals surface area contributed by atoms with Gasteiger partial charge >= 0.3 is 0 Å². The van der Waals surface area contributed by atoms with E-state index in [4.69, 9.17) is 18.0 Å². The number of para-hydroxylation sites is 1. The van der Waals surface area contributed by atoms with Crippen molar-refractivity contribution >= 4 is 22.9 Å². The van der Waals surface area contributed by atoms with Crippen LogP contribution in [0.5, 0.6) is 0 Å². The summed E-state index contributed by atoms with van der Waals surface area (Å²) in [6, 6.07) is 8.78. The van der Waals surface area contributed by atoms with Crippen LogP contribution < -0.4 is 11.1 Å². The lowest BCUT2D eigenvalue weighted by atomic mass is 10.2. The summed E-state index contributed by atoms with van der Waals surface area (Å²) in [5.74, 6) is 0. The van der Waals surface area contributed by atoms with Gasteiger partial charge in [-0.1, -0.05) is 31.3 Å². The van der Waals surface area contributed by atoms with E-state index >= 15 is 0 Å². The van der Waals surface area contributed by atoms with Crippen LogP contribution in [0.4, 0.5) is 5.69 Å². The first-order valence-corrected chi connectivity index (χ1v) is 7.00. The first kappa shape index (κ1) is 13.3. The van der Waals surface area contributed by atoms with E-state index in [0.29, 0.717) is 4.99 Å². The molecule has 0 amide bonds. The molecule has 0 aromatic heterocycles. The Morgan fingerprint density at radius 2 is 2.17 bits per heavy atom.